The summed E-state index contributed by atoms with van der Waals surface area (Å²) in [7, 11) is -3.46. The molecule has 1 aromatic heterocycles. The van der Waals surface area contributed by atoms with Crippen LogP contribution in [0.2, 0.25) is 0 Å². The third-order valence-corrected chi connectivity index (χ3v) is 7.95. The van der Waals surface area contributed by atoms with Crippen LogP contribution in [0, 0.1) is 0 Å². The van der Waals surface area contributed by atoms with Crippen molar-refractivity contribution in [3.63, 3.8) is 0 Å². The molecule has 0 bridgehead atoms. The first-order valence-electron chi connectivity index (χ1n) is 6.37. The van der Waals surface area contributed by atoms with Crippen LogP contribution in [0.5, 0.6) is 0 Å². The van der Waals surface area contributed by atoms with Crippen LogP contribution < -0.4 is 10.5 Å². The Morgan fingerprint density at radius 2 is 2.25 bits per heavy atom. The van der Waals surface area contributed by atoms with Gasteiger partial charge in [0.1, 0.15) is 9.20 Å². The minimum atomic E-state index is -3.46. The molecule has 4 nitrogen and oxygen atoms in total. The van der Waals surface area contributed by atoms with E-state index in [0.717, 1.165) is 30.6 Å². The highest BCUT2D eigenvalue weighted by atomic mass is 32.2. The first-order chi connectivity index (χ1) is 9.42. The Bertz CT molecular complexity index is 582. The van der Waals surface area contributed by atoms with Gasteiger partial charge in [0.2, 0.25) is 10.0 Å². The molecule has 0 spiro atoms. The monoisotopic (exact) mass is 350 g/mol. The summed E-state index contributed by atoms with van der Waals surface area (Å²) in [5.74, 6) is 0. The Kier molecular flexibility index (Phi) is 5.47. The van der Waals surface area contributed by atoms with Crippen molar-refractivity contribution in [2.24, 2.45) is 5.73 Å². The molecule has 20 heavy (non-hydrogen) atoms. The summed E-state index contributed by atoms with van der Waals surface area (Å²) in [5, 5.41) is 0.548. The summed E-state index contributed by atoms with van der Waals surface area (Å²) in [5.41, 5.74) is 5.51. The fourth-order valence-electron chi connectivity index (χ4n) is 2.34. The van der Waals surface area contributed by atoms with E-state index in [9.17, 15) is 8.42 Å². The largest absolute Gasteiger partial charge is 0.389 e. The summed E-state index contributed by atoms with van der Waals surface area (Å²) < 4.78 is 27.8. The molecule has 1 saturated carbocycles. The van der Waals surface area contributed by atoms with Gasteiger partial charge in [0.15, 0.2) is 0 Å². The molecule has 1 aromatic rings. The van der Waals surface area contributed by atoms with Crippen LogP contribution in [-0.4, -0.2) is 31.0 Å². The lowest BCUT2D eigenvalue weighted by molar-refractivity contribution is 0.421. The number of hydrogen-bond donors (Lipinski definition) is 2. The van der Waals surface area contributed by atoms with Crippen LogP contribution in [0.25, 0.3) is 0 Å². The van der Waals surface area contributed by atoms with Crippen LogP contribution in [0.1, 0.15) is 30.6 Å². The fraction of sp³-hybridized carbons (Fsp3) is 0.583. The summed E-state index contributed by atoms with van der Waals surface area (Å²) in [6.07, 6.45) is 6.12. The van der Waals surface area contributed by atoms with Gasteiger partial charge in [-0.2, -0.15) is 11.8 Å². The number of sulfonamides is 1. The van der Waals surface area contributed by atoms with E-state index in [2.05, 4.69) is 11.0 Å². The molecule has 112 valence electrons. The van der Waals surface area contributed by atoms with Crippen molar-refractivity contribution in [1.82, 2.24) is 4.72 Å². The molecule has 2 atom stereocenters. The van der Waals surface area contributed by atoms with E-state index in [0.29, 0.717) is 10.1 Å². The second-order valence-corrected chi connectivity index (χ2v) is 9.43. The van der Waals surface area contributed by atoms with Crippen LogP contribution in [0.15, 0.2) is 16.3 Å². The first kappa shape index (κ1) is 16.2. The predicted molar refractivity (Wildman–Crippen MR) is 90.1 cm³/mol. The van der Waals surface area contributed by atoms with E-state index in [1.165, 1.54) is 6.42 Å². The number of thioether (sulfide) groups is 1. The van der Waals surface area contributed by atoms with Gasteiger partial charge in [-0.05, 0) is 37.7 Å². The minimum absolute atomic E-state index is 0.0292. The van der Waals surface area contributed by atoms with Gasteiger partial charge in [-0.3, -0.25) is 0 Å². The fourth-order valence-corrected chi connectivity index (χ4v) is 5.82. The van der Waals surface area contributed by atoms with Crippen LogP contribution in [-0.2, 0) is 10.0 Å². The van der Waals surface area contributed by atoms with E-state index >= 15 is 0 Å². The summed E-state index contributed by atoms with van der Waals surface area (Å²) >= 11 is 7.80. The number of rotatable bonds is 5. The third kappa shape index (κ3) is 3.94. The molecule has 0 amide bonds. The molecule has 3 N–H and O–H groups in total. The topological polar surface area (TPSA) is 72.2 Å². The first-order valence-corrected chi connectivity index (χ1v) is 10.4. The molecule has 1 fully saturated rings. The van der Waals surface area contributed by atoms with Gasteiger partial charge in [0.05, 0.1) is 4.88 Å². The van der Waals surface area contributed by atoms with Crippen molar-refractivity contribution in [1.29, 1.82) is 0 Å². The Balaban J connectivity index is 2.08. The Hall–Kier alpha value is -0.150. The van der Waals surface area contributed by atoms with Gasteiger partial charge < -0.3 is 5.73 Å². The van der Waals surface area contributed by atoms with Crippen molar-refractivity contribution >= 4 is 50.3 Å². The molecule has 1 aliphatic rings. The Labute approximate surface area is 133 Å². The van der Waals surface area contributed by atoms with Gasteiger partial charge in [0, 0.05) is 11.3 Å². The third-order valence-electron chi connectivity index (χ3n) is 3.37. The van der Waals surface area contributed by atoms with Gasteiger partial charge in [0.25, 0.3) is 0 Å². The predicted octanol–water partition coefficient (Wildman–Crippen LogP) is 2.33. The van der Waals surface area contributed by atoms with Gasteiger partial charge in [-0.25, -0.2) is 13.1 Å². The average molecular weight is 351 g/mol. The van der Waals surface area contributed by atoms with Crippen molar-refractivity contribution in [2.75, 3.05) is 6.26 Å². The summed E-state index contributed by atoms with van der Waals surface area (Å²) in [6.45, 7) is 0. The maximum absolute atomic E-state index is 12.3. The molecule has 2 rings (SSSR count). The number of nitrogens with one attached hydrogen (secondary N) is 1. The summed E-state index contributed by atoms with van der Waals surface area (Å²) in [4.78, 5) is 0.863. The zero-order valence-corrected chi connectivity index (χ0v) is 14.4. The van der Waals surface area contributed by atoms with Crippen molar-refractivity contribution in [2.45, 2.75) is 41.2 Å². The van der Waals surface area contributed by atoms with Gasteiger partial charge in [-0.1, -0.05) is 18.6 Å². The lowest BCUT2D eigenvalue weighted by Gasteiger charge is -2.28. The quantitative estimate of drug-likeness (QED) is 0.798. The van der Waals surface area contributed by atoms with Crippen LogP contribution in [0.4, 0.5) is 0 Å². The van der Waals surface area contributed by atoms with Crippen LogP contribution >= 0.6 is 35.3 Å². The highest BCUT2D eigenvalue weighted by Crippen LogP contribution is 2.29. The smallest absolute Gasteiger partial charge is 0.250 e. The molecule has 2 unspecified atom stereocenters. The molecular weight excluding hydrogens is 332 g/mol. The molecule has 8 heteroatoms. The molecule has 1 aliphatic carbocycles. The maximum Gasteiger partial charge on any atom is 0.250 e. The van der Waals surface area contributed by atoms with Gasteiger partial charge in [-0.15, -0.1) is 11.3 Å². The van der Waals surface area contributed by atoms with E-state index < -0.39 is 10.0 Å². The molecule has 0 aromatic carbocycles. The van der Waals surface area contributed by atoms with Crippen molar-refractivity contribution in [3.8, 4) is 0 Å². The van der Waals surface area contributed by atoms with Crippen molar-refractivity contribution < 1.29 is 8.42 Å². The maximum atomic E-state index is 12.3. The number of hydrogen-bond acceptors (Lipinski definition) is 5. The molecule has 0 aliphatic heterocycles. The Morgan fingerprint density at radius 1 is 1.50 bits per heavy atom. The second-order valence-electron chi connectivity index (χ2n) is 4.83. The highest BCUT2D eigenvalue weighted by molar-refractivity contribution is 7.99. The van der Waals surface area contributed by atoms with E-state index in [1.54, 1.807) is 12.1 Å². The number of nitrogens with two attached hydrogens (primary N) is 1. The zero-order valence-electron chi connectivity index (χ0n) is 11.2. The average Bonchev–Trinajstić information content (AvgIpc) is 2.89. The normalized spacial score (nSPS) is 23.6. The molecule has 0 radical (unpaired) electrons. The number of thiocarbonyl (C=S) groups is 1. The second kappa shape index (κ2) is 6.74. The molecular formula is C12H18N2O2S4. The van der Waals surface area contributed by atoms with E-state index in [-0.39, 0.29) is 15.2 Å². The van der Waals surface area contributed by atoms with Crippen molar-refractivity contribution in [3.05, 3.63) is 17.0 Å². The standard InChI is InChI=1S/C12H18N2O2S4/c1-18-9-4-2-3-8(7-9)14-20(15,16)11-6-5-10(19-11)12(13)17/h5-6,8-9,14H,2-4,7H2,1H3,(H2,13,17). The van der Waals surface area contributed by atoms with E-state index in [4.69, 9.17) is 18.0 Å². The van der Waals surface area contributed by atoms with Gasteiger partial charge >= 0.3 is 0 Å². The molecule has 1 heterocycles. The SMILES string of the molecule is CSC1CCCC(NS(=O)(=O)c2ccc(C(N)=S)s2)C1. The molecule has 0 saturated heterocycles. The zero-order chi connectivity index (χ0) is 14.8. The lowest BCUT2D eigenvalue weighted by Crippen LogP contribution is -2.38. The number of thiophene rings is 1. The minimum Gasteiger partial charge on any atom is -0.389 e. The highest BCUT2D eigenvalue weighted by Gasteiger charge is 2.27. The van der Waals surface area contributed by atoms with E-state index in [1.807, 2.05) is 11.8 Å². The lowest BCUT2D eigenvalue weighted by atomic mass is 9.96. The van der Waals surface area contributed by atoms with Crippen LogP contribution in [0.3, 0.4) is 0 Å². The Morgan fingerprint density at radius 3 is 2.85 bits per heavy atom. The summed E-state index contributed by atoms with van der Waals surface area (Å²) in [6, 6.07) is 3.25.